The molecule has 228 valence electrons. The van der Waals surface area contributed by atoms with Crippen LogP contribution in [0.25, 0.3) is 23.0 Å². The van der Waals surface area contributed by atoms with Crippen LogP contribution >= 0.6 is 11.6 Å². The molecule has 0 saturated heterocycles. The van der Waals surface area contributed by atoms with Crippen LogP contribution in [0, 0.1) is 0 Å². The summed E-state index contributed by atoms with van der Waals surface area (Å²) in [5.74, 6) is 0.254. The van der Waals surface area contributed by atoms with E-state index in [4.69, 9.17) is 26.1 Å². The van der Waals surface area contributed by atoms with Crippen molar-refractivity contribution in [3.8, 4) is 16.9 Å². The third kappa shape index (κ3) is 7.21. The molecule has 0 radical (unpaired) electrons. The van der Waals surface area contributed by atoms with E-state index < -0.39 is 18.2 Å². The van der Waals surface area contributed by atoms with Crippen LogP contribution in [0.4, 0.5) is 15.3 Å². The summed E-state index contributed by atoms with van der Waals surface area (Å²) in [6.07, 6.45) is 7.10. The molecule has 0 aliphatic carbocycles. The molecule has 15 heteroatoms. The van der Waals surface area contributed by atoms with Crippen molar-refractivity contribution in [3.63, 3.8) is 0 Å². The Morgan fingerprint density at radius 2 is 1.98 bits per heavy atom. The van der Waals surface area contributed by atoms with E-state index in [0.717, 1.165) is 11.1 Å². The van der Waals surface area contributed by atoms with Crippen LogP contribution < -0.4 is 10.6 Å². The van der Waals surface area contributed by atoms with E-state index in [0.29, 0.717) is 59.3 Å². The molecule has 2 aromatic heterocycles. The predicted molar refractivity (Wildman–Crippen MR) is 161 cm³/mol. The van der Waals surface area contributed by atoms with Gasteiger partial charge in [0.2, 0.25) is 5.91 Å². The number of carbonyl (C=O) groups excluding carboxylic acids is 3. The molecular formula is C29H30ClN9O5. The van der Waals surface area contributed by atoms with Gasteiger partial charge in [-0.2, -0.15) is 4.68 Å². The fraction of sp³-hybridized carbons (Fsp3) is 0.276. The molecule has 2 bridgehead atoms. The number of benzene rings is 2. The van der Waals surface area contributed by atoms with Crippen LogP contribution in [0.5, 0.6) is 0 Å². The molecule has 0 unspecified atom stereocenters. The lowest BCUT2D eigenvalue weighted by molar-refractivity contribution is -0.117. The SMILES string of the molecule is COC(=O)Nc1ccc2c(c1)CN(C(=O)OC)CCCC[C@H](NC(=O)C=Cc1cc(Cl)ccc1-n1cnnn1)c1nc-2c[nH]1. The molecule has 44 heavy (non-hydrogen) atoms. The van der Waals surface area contributed by atoms with Crippen molar-refractivity contribution in [2.45, 2.75) is 31.8 Å². The normalized spacial score (nSPS) is 15.1. The van der Waals surface area contributed by atoms with Gasteiger partial charge in [-0.3, -0.25) is 10.1 Å². The van der Waals surface area contributed by atoms with Crippen LogP contribution in [0.15, 0.2) is 55.0 Å². The van der Waals surface area contributed by atoms with E-state index in [-0.39, 0.29) is 12.5 Å². The number of H-pyrrole nitrogens is 1. The lowest BCUT2D eigenvalue weighted by Crippen LogP contribution is -2.32. The Hall–Kier alpha value is -5.24. The Labute approximate surface area is 257 Å². The minimum absolute atomic E-state index is 0.238. The summed E-state index contributed by atoms with van der Waals surface area (Å²) < 4.78 is 11.2. The number of tetrazole rings is 1. The number of methoxy groups -OCH3 is 2. The van der Waals surface area contributed by atoms with E-state index in [2.05, 4.69) is 31.1 Å². The zero-order valence-corrected chi connectivity index (χ0v) is 24.7. The maximum Gasteiger partial charge on any atom is 0.411 e. The Balaban J connectivity index is 1.41. The minimum atomic E-state index is -0.611. The molecule has 1 aliphatic rings. The first-order chi connectivity index (χ1) is 21.3. The molecular weight excluding hydrogens is 590 g/mol. The van der Waals surface area contributed by atoms with Gasteiger partial charge >= 0.3 is 12.2 Å². The maximum atomic E-state index is 13.2. The van der Waals surface area contributed by atoms with E-state index in [1.165, 1.54) is 31.3 Å². The molecule has 1 atom stereocenters. The average molecular weight is 620 g/mol. The fourth-order valence-corrected chi connectivity index (χ4v) is 5.08. The topological polar surface area (TPSA) is 169 Å². The van der Waals surface area contributed by atoms with Gasteiger partial charge in [0.25, 0.3) is 0 Å². The minimum Gasteiger partial charge on any atom is -0.453 e. The first-order valence-electron chi connectivity index (χ1n) is 13.7. The van der Waals surface area contributed by atoms with Crippen LogP contribution in [0.3, 0.4) is 0 Å². The Kier molecular flexibility index (Phi) is 9.49. The van der Waals surface area contributed by atoms with Crippen LogP contribution in [-0.2, 0) is 20.8 Å². The predicted octanol–water partition coefficient (Wildman–Crippen LogP) is 4.51. The van der Waals surface area contributed by atoms with Gasteiger partial charge in [0.05, 0.1) is 31.6 Å². The molecule has 0 fully saturated rings. The van der Waals surface area contributed by atoms with Gasteiger partial charge in [0.15, 0.2) is 0 Å². The van der Waals surface area contributed by atoms with Crippen molar-refractivity contribution < 1.29 is 23.9 Å². The van der Waals surface area contributed by atoms with E-state index in [1.54, 1.807) is 47.5 Å². The molecule has 5 rings (SSSR count). The number of hydrogen-bond acceptors (Lipinski definition) is 9. The molecule has 1 aliphatic heterocycles. The van der Waals surface area contributed by atoms with Gasteiger partial charge < -0.3 is 24.7 Å². The third-order valence-corrected chi connectivity index (χ3v) is 7.26. The van der Waals surface area contributed by atoms with E-state index in [9.17, 15) is 14.4 Å². The first kappa shape index (κ1) is 30.2. The number of fused-ring (bicyclic) bond motifs is 4. The highest BCUT2D eigenvalue weighted by molar-refractivity contribution is 6.30. The third-order valence-electron chi connectivity index (χ3n) is 7.02. The van der Waals surface area contributed by atoms with E-state index >= 15 is 0 Å². The maximum absolute atomic E-state index is 13.2. The zero-order chi connectivity index (χ0) is 31.1. The van der Waals surface area contributed by atoms with Gasteiger partial charge in [-0.05, 0) is 71.7 Å². The molecule has 2 aromatic carbocycles. The Morgan fingerprint density at radius 1 is 1.11 bits per heavy atom. The quantitative estimate of drug-likeness (QED) is 0.272. The number of carbonyl (C=O) groups is 3. The summed E-state index contributed by atoms with van der Waals surface area (Å²) in [6, 6.07) is 10.1. The van der Waals surface area contributed by atoms with Crippen molar-refractivity contribution >= 4 is 41.5 Å². The summed E-state index contributed by atoms with van der Waals surface area (Å²) in [4.78, 5) is 47.3. The van der Waals surface area contributed by atoms with Gasteiger partial charge in [-0.1, -0.05) is 17.7 Å². The van der Waals surface area contributed by atoms with Crippen molar-refractivity contribution in [1.82, 2.24) is 40.4 Å². The van der Waals surface area contributed by atoms with Gasteiger partial charge in [0.1, 0.15) is 12.2 Å². The van der Waals surface area contributed by atoms with Crippen LogP contribution in [0.1, 0.15) is 42.3 Å². The standard InChI is InChI=1S/C29H30ClN9O5/c1-43-28(41)33-21-8-9-22-19(14-21)16-38(29(42)44-2)12-4-3-5-23(27-31-15-24(22)35-27)34-26(40)11-6-18-13-20(30)7-10-25(18)39-17-32-36-37-39/h6-11,13-15,17,23H,3-5,12,16H2,1-2H3,(H,31,35)(H,33,41)(H,34,40)/t23-/m0/s1. The molecule has 3 heterocycles. The molecule has 0 saturated carbocycles. The second-order valence-corrected chi connectivity index (χ2v) is 10.3. The fourth-order valence-electron chi connectivity index (χ4n) is 4.90. The summed E-state index contributed by atoms with van der Waals surface area (Å²) in [6.45, 7) is 0.664. The zero-order valence-electron chi connectivity index (χ0n) is 24.0. The van der Waals surface area contributed by atoms with Gasteiger partial charge in [0, 0.05) is 47.2 Å². The van der Waals surface area contributed by atoms with Crippen molar-refractivity contribution in [2.24, 2.45) is 0 Å². The van der Waals surface area contributed by atoms with Gasteiger partial charge in [-0.15, -0.1) is 5.10 Å². The number of nitrogens with zero attached hydrogens (tertiary/aromatic N) is 6. The molecule has 3 N–H and O–H groups in total. The number of nitrogens with one attached hydrogen (secondary N) is 3. The second kappa shape index (κ2) is 13.8. The number of ether oxygens (including phenoxy) is 2. The number of rotatable bonds is 5. The molecule has 3 amide bonds. The summed E-state index contributed by atoms with van der Waals surface area (Å²) in [7, 11) is 2.62. The average Bonchev–Trinajstić information content (AvgIpc) is 3.73. The van der Waals surface area contributed by atoms with Crippen molar-refractivity contribution in [3.05, 3.63) is 77.0 Å². The summed E-state index contributed by atoms with van der Waals surface area (Å²) in [5, 5.41) is 17.5. The summed E-state index contributed by atoms with van der Waals surface area (Å²) in [5.41, 5.74) is 3.92. The highest BCUT2D eigenvalue weighted by atomic mass is 35.5. The number of anilines is 1. The van der Waals surface area contributed by atoms with Gasteiger partial charge in [-0.25, -0.2) is 14.6 Å². The number of halogens is 1. The lowest BCUT2D eigenvalue weighted by Gasteiger charge is -2.24. The van der Waals surface area contributed by atoms with Crippen LogP contribution in [0.2, 0.25) is 5.02 Å². The van der Waals surface area contributed by atoms with E-state index in [1.807, 2.05) is 6.07 Å². The molecule has 14 nitrogen and oxygen atoms in total. The molecule has 4 aromatic rings. The smallest absolute Gasteiger partial charge is 0.411 e. The number of aromatic nitrogens is 6. The Bertz CT molecular complexity index is 1670. The number of hydrogen-bond donors (Lipinski definition) is 3. The number of aromatic amines is 1. The molecule has 0 spiro atoms. The van der Waals surface area contributed by atoms with Crippen molar-refractivity contribution in [2.75, 3.05) is 26.1 Å². The highest BCUT2D eigenvalue weighted by Crippen LogP contribution is 2.30. The monoisotopic (exact) mass is 619 g/mol. The second-order valence-electron chi connectivity index (χ2n) is 9.90. The largest absolute Gasteiger partial charge is 0.453 e. The van der Waals surface area contributed by atoms with Crippen LogP contribution in [-0.4, -0.2) is 73.9 Å². The first-order valence-corrected chi connectivity index (χ1v) is 14.1. The highest BCUT2D eigenvalue weighted by Gasteiger charge is 2.23. The summed E-state index contributed by atoms with van der Waals surface area (Å²) >= 11 is 6.21. The Morgan fingerprint density at radius 3 is 2.75 bits per heavy atom. The lowest BCUT2D eigenvalue weighted by atomic mass is 10.0. The number of amides is 3. The number of imidazole rings is 1. The van der Waals surface area contributed by atoms with Crippen molar-refractivity contribution in [1.29, 1.82) is 0 Å².